The van der Waals surface area contributed by atoms with Crippen LogP contribution >= 0.6 is 11.6 Å². The van der Waals surface area contributed by atoms with Crippen LogP contribution in [0.2, 0.25) is 5.02 Å². The number of fused-ring (bicyclic) bond motifs is 1. The van der Waals surface area contributed by atoms with Crippen LogP contribution in [0.4, 0.5) is 0 Å². The molecule has 3 aromatic rings. The van der Waals surface area contributed by atoms with Crippen LogP contribution in [-0.4, -0.2) is 20.6 Å². The molecule has 0 spiro atoms. The van der Waals surface area contributed by atoms with Crippen LogP contribution in [0.25, 0.3) is 22.2 Å². The van der Waals surface area contributed by atoms with Crippen molar-refractivity contribution in [2.45, 2.75) is 40.7 Å². The molecule has 5 heteroatoms. The zero-order valence-corrected chi connectivity index (χ0v) is 15.6. The maximum atomic E-state index is 11.5. The number of nitrogens with zero attached hydrogens (tertiary/aromatic N) is 2. The van der Waals surface area contributed by atoms with E-state index in [1.54, 1.807) is 0 Å². The highest BCUT2D eigenvalue weighted by Crippen LogP contribution is 2.38. The molecular weight excluding hydrogens is 336 g/mol. The van der Waals surface area contributed by atoms with Crippen LogP contribution < -0.4 is 0 Å². The first-order chi connectivity index (χ1) is 11.8. The number of carboxylic acids is 1. The van der Waals surface area contributed by atoms with Crippen molar-refractivity contribution >= 4 is 28.6 Å². The van der Waals surface area contributed by atoms with Gasteiger partial charge in [-0.1, -0.05) is 23.7 Å². The Balaban J connectivity index is 2.47. The molecule has 2 heterocycles. The molecule has 3 rings (SSSR count). The zero-order valence-electron chi connectivity index (χ0n) is 14.9. The highest BCUT2D eigenvalue weighted by molar-refractivity contribution is 6.30. The number of benzene rings is 1. The predicted molar refractivity (Wildman–Crippen MR) is 101 cm³/mol. The van der Waals surface area contributed by atoms with Gasteiger partial charge in [-0.25, -0.2) is 4.98 Å². The van der Waals surface area contributed by atoms with Gasteiger partial charge in [-0.15, -0.1) is 0 Å². The number of rotatable bonds is 4. The number of hydrogen-bond acceptors (Lipinski definition) is 2. The second-order valence-electron chi connectivity index (χ2n) is 6.28. The summed E-state index contributed by atoms with van der Waals surface area (Å²) in [5.41, 5.74) is 6.65. The molecule has 130 valence electrons. The molecule has 0 fully saturated rings. The average Bonchev–Trinajstić information content (AvgIpc) is 2.79. The topological polar surface area (TPSA) is 55.1 Å². The fourth-order valence-electron chi connectivity index (χ4n) is 3.51. The Morgan fingerprint density at radius 2 is 1.84 bits per heavy atom. The molecule has 0 bridgehead atoms. The van der Waals surface area contributed by atoms with E-state index >= 15 is 0 Å². The number of aliphatic carboxylic acids is 1. The molecule has 1 N–H and O–H groups in total. The fraction of sp³-hybridized carbons (Fsp3) is 0.300. The van der Waals surface area contributed by atoms with Crippen molar-refractivity contribution in [1.29, 1.82) is 0 Å². The van der Waals surface area contributed by atoms with Gasteiger partial charge in [0, 0.05) is 28.3 Å². The van der Waals surface area contributed by atoms with Crippen LogP contribution in [-0.2, 0) is 17.8 Å². The fourth-order valence-corrected chi connectivity index (χ4v) is 3.63. The van der Waals surface area contributed by atoms with Gasteiger partial charge in [-0.3, -0.25) is 4.79 Å². The first-order valence-corrected chi connectivity index (χ1v) is 8.69. The summed E-state index contributed by atoms with van der Waals surface area (Å²) in [6, 6.07) is 7.56. The van der Waals surface area contributed by atoms with Crippen LogP contribution in [0, 0.1) is 20.8 Å². The van der Waals surface area contributed by atoms with Gasteiger partial charge < -0.3 is 9.67 Å². The first kappa shape index (κ1) is 17.5. The maximum absolute atomic E-state index is 11.5. The maximum Gasteiger partial charge on any atom is 0.307 e. The minimum absolute atomic E-state index is 0.0530. The van der Waals surface area contributed by atoms with E-state index in [2.05, 4.69) is 25.3 Å². The van der Waals surface area contributed by atoms with E-state index in [0.717, 1.165) is 51.2 Å². The van der Waals surface area contributed by atoms with E-state index in [1.807, 2.05) is 31.2 Å². The summed E-state index contributed by atoms with van der Waals surface area (Å²) in [5.74, 6) is -0.858. The van der Waals surface area contributed by atoms with E-state index in [9.17, 15) is 9.90 Å². The summed E-state index contributed by atoms with van der Waals surface area (Å²) < 4.78 is 2.18. The van der Waals surface area contributed by atoms with Gasteiger partial charge in [0.05, 0.1) is 6.42 Å². The Bertz CT molecular complexity index is 972. The highest BCUT2D eigenvalue weighted by atomic mass is 35.5. The van der Waals surface area contributed by atoms with Crippen molar-refractivity contribution in [2.75, 3.05) is 0 Å². The monoisotopic (exact) mass is 356 g/mol. The number of pyridine rings is 1. The Morgan fingerprint density at radius 3 is 2.40 bits per heavy atom. The number of hydrogen-bond donors (Lipinski definition) is 1. The lowest BCUT2D eigenvalue weighted by Crippen LogP contribution is -2.07. The molecule has 0 aliphatic carbocycles. The second-order valence-corrected chi connectivity index (χ2v) is 6.72. The van der Waals surface area contributed by atoms with Gasteiger partial charge in [-0.05, 0) is 62.1 Å². The van der Waals surface area contributed by atoms with Crippen LogP contribution in [0.3, 0.4) is 0 Å². The lowest BCUT2D eigenvalue weighted by molar-refractivity contribution is -0.136. The Hall–Kier alpha value is -2.33. The normalized spacial score (nSPS) is 11.2. The molecule has 0 unspecified atom stereocenters. The van der Waals surface area contributed by atoms with Crippen LogP contribution in [0.5, 0.6) is 0 Å². The quantitative estimate of drug-likeness (QED) is 0.721. The zero-order chi connectivity index (χ0) is 18.3. The lowest BCUT2D eigenvalue weighted by Gasteiger charge is -2.14. The number of aromatic nitrogens is 2. The highest BCUT2D eigenvalue weighted by Gasteiger charge is 2.22. The number of carbonyl (C=O) groups is 1. The minimum Gasteiger partial charge on any atom is -0.481 e. The van der Waals surface area contributed by atoms with E-state index in [1.165, 1.54) is 0 Å². The molecule has 0 aliphatic heterocycles. The van der Waals surface area contributed by atoms with E-state index in [0.29, 0.717) is 5.02 Å². The van der Waals surface area contributed by atoms with Gasteiger partial charge >= 0.3 is 5.97 Å². The summed E-state index contributed by atoms with van der Waals surface area (Å²) in [5, 5.41) is 11.1. The largest absolute Gasteiger partial charge is 0.481 e. The van der Waals surface area contributed by atoms with Crippen molar-refractivity contribution in [3.63, 3.8) is 0 Å². The molecule has 0 saturated heterocycles. The Labute approximate surface area is 152 Å². The van der Waals surface area contributed by atoms with Crippen molar-refractivity contribution < 1.29 is 9.90 Å². The average molecular weight is 357 g/mol. The summed E-state index contributed by atoms with van der Waals surface area (Å²) in [4.78, 5) is 16.2. The standard InChI is InChI=1S/C20H21ClN2O2/c1-5-23-13(4)11(2)18-19(14-6-8-15(21)9-7-14)16(10-17(24)25)12(3)22-20(18)23/h6-9H,5,10H2,1-4H3,(H,24,25). The summed E-state index contributed by atoms with van der Waals surface area (Å²) in [7, 11) is 0. The summed E-state index contributed by atoms with van der Waals surface area (Å²) in [6.45, 7) is 8.95. The number of halogens is 1. The van der Waals surface area contributed by atoms with E-state index in [4.69, 9.17) is 16.6 Å². The third kappa shape index (κ3) is 2.91. The third-order valence-corrected chi connectivity index (χ3v) is 5.09. The van der Waals surface area contributed by atoms with Crippen LogP contribution in [0.1, 0.15) is 29.4 Å². The lowest BCUT2D eigenvalue weighted by atomic mass is 9.92. The van der Waals surface area contributed by atoms with Gasteiger partial charge in [0.1, 0.15) is 5.65 Å². The van der Waals surface area contributed by atoms with Crippen molar-refractivity contribution in [1.82, 2.24) is 9.55 Å². The summed E-state index contributed by atoms with van der Waals surface area (Å²) in [6.07, 6.45) is -0.0530. The Morgan fingerprint density at radius 1 is 1.20 bits per heavy atom. The molecule has 0 amide bonds. The van der Waals surface area contributed by atoms with Gasteiger partial charge in [0.25, 0.3) is 0 Å². The molecule has 1 aromatic carbocycles. The Kier molecular flexibility index (Phi) is 4.56. The minimum atomic E-state index is -0.858. The third-order valence-electron chi connectivity index (χ3n) is 4.84. The SMILES string of the molecule is CCn1c(C)c(C)c2c(-c3ccc(Cl)cc3)c(CC(=O)O)c(C)nc21. The van der Waals surface area contributed by atoms with Crippen molar-refractivity contribution in [3.05, 3.63) is 51.8 Å². The number of aryl methyl sites for hydroxylation is 3. The van der Waals surface area contributed by atoms with Gasteiger partial charge in [0.15, 0.2) is 0 Å². The molecule has 4 nitrogen and oxygen atoms in total. The molecule has 0 atom stereocenters. The van der Waals surface area contributed by atoms with Crippen molar-refractivity contribution in [3.8, 4) is 11.1 Å². The number of carboxylic acid groups (broad SMARTS) is 1. The smallest absolute Gasteiger partial charge is 0.307 e. The van der Waals surface area contributed by atoms with Gasteiger partial charge in [-0.2, -0.15) is 0 Å². The molecule has 25 heavy (non-hydrogen) atoms. The van der Waals surface area contributed by atoms with Crippen molar-refractivity contribution in [2.24, 2.45) is 0 Å². The second kappa shape index (κ2) is 6.52. The molecular formula is C20H21ClN2O2. The van der Waals surface area contributed by atoms with Crippen LogP contribution in [0.15, 0.2) is 24.3 Å². The van der Waals surface area contributed by atoms with Gasteiger partial charge in [0.2, 0.25) is 0 Å². The van der Waals surface area contributed by atoms with E-state index < -0.39 is 5.97 Å². The first-order valence-electron chi connectivity index (χ1n) is 8.31. The summed E-state index contributed by atoms with van der Waals surface area (Å²) >= 11 is 6.05. The molecule has 0 radical (unpaired) electrons. The molecule has 0 saturated carbocycles. The predicted octanol–water partition coefficient (Wildman–Crippen LogP) is 4.93. The molecule has 0 aliphatic rings. The molecule has 2 aromatic heterocycles. The van der Waals surface area contributed by atoms with E-state index in [-0.39, 0.29) is 6.42 Å².